The number of para-hydroxylation sites is 1. The van der Waals surface area contributed by atoms with E-state index in [2.05, 4.69) is 43.5 Å². The third-order valence-corrected chi connectivity index (χ3v) is 4.13. The summed E-state index contributed by atoms with van der Waals surface area (Å²) < 4.78 is 5.02. The number of carbonyl (C=O) groups is 2. The minimum atomic E-state index is -0.439. The molecule has 2 rings (SSSR count). The fourth-order valence-corrected chi connectivity index (χ4v) is 2.60. The second-order valence-electron chi connectivity index (χ2n) is 7.32. The lowest BCUT2D eigenvalue weighted by molar-refractivity contribution is -0.115. The van der Waals surface area contributed by atoms with Crippen LogP contribution in [0, 0.1) is 0 Å². The maximum absolute atomic E-state index is 12.2. The van der Waals surface area contributed by atoms with E-state index in [9.17, 15) is 9.59 Å². The molecule has 1 amide bonds. The average Bonchev–Trinajstić information content (AvgIpc) is 2.62. The van der Waals surface area contributed by atoms with Crippen LogP contribution in [0.15, 0.2) is 48.5 Å². The SMILES string of the molecule is CCOC(=O)c1ccccc1NC(=O)CCNc1ccc(C(C)(C)C)cc1. The van der Waals surface area contributed by atoms with Crippen LogP contribution in [-0.2, 0) is 14.9 Å². The summed E-state index contributed by atoms with van der Waals surface area (Å²) in [7, 11) is 0. The van der Waals surface area contributed by atoms with Gasteiger partial charge in [-0.1, -0.05) is 45.0 Å². The number of hydrogen-bond acceptors (Lipinski definition) is 4. The molecular formula is C22H28N2O3. The molecule has 0 aromatic heterocycles. The van der Waals surface area contributed by atoms with Gasteiger partial charge in [0, 0.05) is 18.7 Å². The summed E-state index contributed by atoms with van der Waals surface area (Å²) in [6.45, 7) is 9.07. The smallest absolute Gasteiger partial charge is 0.340 e. The summed E-state index contributed by atoms with van der Waals surface area (Å²) in [5, 5.41) is 6.03. The second kappa shape index (κ2) is 9.21. The first kappa shape index (κ1) is 20.5. The molecule has 27 heavy (non-hydrogen) atoms. The van der Waals surface area contributed by atoms with Crippen molar-refractivity contribution in [2.75, 3.05) is 23.8 Å². The van der Waals surface area contributed by atoms with Crippen molar-refractivity contribution in [3.8, 4) is 0 Å². The van der Waals surface area contributed by atoms with Crippen LogP contribution in [0.4, 0.5) is 11.4 Å². The molecule has 0 saturated heterocycles. The van der Waals surface area contributed by atoms with Crippen molar-refractivity contribution in [3.63, 3.8) is 0 Å². The molecule has 0 heterocycles. The number of benzene rings is 2. The molecule has 5 heteroatoms. The molecule has 0 bridgehead atoms. The van der Waals surface area contributed by atoms with E-state index in [4.69, 9.17) is 4.74 Å². The van der Waals surface area contributed by atoms with Gasteiger partial charge in [0.15, 0.2) is 0 Å². The molecule has 0 aliphatic rings. The molecule has 0 saturated carbocycles. The number of hydrogen-bond donors (Lipinski definition) is 2. The first-order valence-electron chi connectivity index (χ1n) is 9.21. The van der Waals surface area contributed by atoms with Gasteiger partial charge in [-0.2, -0.15) is 0 Å². The van der Waals surface area contributed by atoms with Crippen LogP contribution >= 0.6 is 0 Å². The molecule has 0 fully saturated rings. The molecule has 5 nitrogen and oxygen atoms in total. The lowest BCUT2D eigenvalue weighted by Crippen LogP contribution is -2.18. The largest absolute Gasteiger partial charge is 0.462 e. The summed E-state index contributed by atoms with van der Waals surface area (Å²) in [5.74, 6) is -0.601. The highest BCUT2D eigenvalue weighted by Crippen LogP contribution is 2.23. The molecule has 0 unspecified atom stereocenters. The number of anilines is 2. The van der Waals surface area contributed by atoms with Gasteiger partial charge in [0.05, 0.1) is 17.9 Å². The van der Waals surface area contributed by atoms with Crippen LogP contribution in [0.2, 0.25) is 0 Å². The van der Waals surface area contributed by atoms with Gasteiger partial charge in [-0.05, 0) is 42.2 Å². The van der Waals surface area contributed by atoms with E-state index >= 15 is 0 Å². The maximum Gasteiger partial charge on any atom is 0.340 e. The fourth-order valence-electron chi connectivity index (χ4n) is 2.60. The van der Waals surface area contributed by atoms with Crippen molar-refractivity contribution in [1.29, 1.82) is 0 Å². The predicted octanol–water partition coefficient (Wildman–Crippen LogP) is 4.60. The van der Waals surface area contributed by atoms with Crippen LogP contribution in [0.1, 0.15) is 50.0 Å². The molecule has 0 aliphatic carbocycles. The van der Waals surface area contributed by atoms with E-state index in [-0.39, 0.29) is 17.7 Å². The summed E-state index contributed by atoms with van der Waals surface area (Å²) in [6.07, 6.45) is 0.290. The van der Waals surface area contributed by atoms with E-state index in [0.29, 0.717) is 24.4 Å². The van der Waals surface area contributed by atoms with Crippen molar-refractivity contribution >= 4 is 23.3 Å². The number of rotatable bonds is 7. The molecule has 0 radical (unpaired) electrons. The van der Waals surface area contributed by atoms with Gasteiger partial charge in [-0.3, -0.25) is 4.79 Å². The molecule has 0 aliphatic heterocycles. The van der Waals surface area contributed by atoms with Crippen molar-refractivity contribution in [1.82, 2.24) is 0 Å². The lowest BCUT2D eigenvalue weighted by Gasteiger charge is -2.19. The highest BCUT2D eigenvalue weighted by Gasteiger charge is 2.14. The van der Waals surface area contributed by atoms with Crippen LogP contribution in [0.3, 0.4) is 0 Å². The Morgan fingerprint density at radius 2 is 1.67 bits per heavy atom. The lowest BCUT2D eigenvalue weighted by atomic mass is 9.87. The zero-order valence-corrected chi connectivity index (χ0v) is 16.5. The van der Waals surface area contributed by atoms with Gasteiger partial charge in [0.25, 0.3) is 0 Å². The van der Waals surface area contributed by atoms with Gasteiger partial charge in [0.1, 0.15) is 0 Å². The summed E-state index contributed by atoms with van der Waals surface area (Å²) in [5.41, 5.74) is 3.18. The number of esters is 1. The highest BCUT2D eigenvalue weighted by atomic mass is 16.5. The number of amides is 1. The third-order valence-electron chi connectivity index (χ3n) is 4.13. The minimum Gasteiger partial charge on any atom is -0.462 e. The van der Waals surface area contributed by atoms with Crippen molar-refractivity contribution in [2.24, 2.45) is 0 Å². The van der Waals surface area contributed by atoms with Crippen molar-refractivity contribution in [3.05, 3.63) is 59.7 Å². The summed E-state index contributed by atoms with van der Waals surface area (Å²) in [6, 6.07) is 15.1. The number of ether oxygens (including phenoxy) is 1. The van der Waals surface area contributed by atoms with Crippen LogP contribution in [0.5, 0.6) is 0 Å². The Hall–Kier alpha value is -2.82. The molecule has 0 atom stereocenters. The third kappa shape index (κ3) is 6.13. The minimum absolute atomic E-state index is 0.116. The van der Waals surface area contributed by atoms with Crippen LogP contribution in [0.25, 0.3) is 0 Å². The van der Waals surface area contributed by atoms with Gasteiger partial charge in [-0.15, -0.1) is 0 Å². The van der Waals surface area contributed by atoms with Gasteiger partial charge in [-0.25, -0.2) is 4.79 Å². The molecule has 144 valence electrons. The summed E-state index contributed by atoms with van der Waals surface area (Å²) in [4.78, 5) is 24.2. The second-order valence-corrected chi connectivity index (χ2v) is 7.32. The Bertz CT molecular complexity index is 777. The Kier molecular flexibility index (Phi) is 6.99. The van der Waals surface area contributed by atoms with E-state index < -0.39 is 5.97 Å². The zero-order valence-electron chi connectivity index (χ0n) is 16.5. The van der Waals surface area contributed by atoms with E-state index in [1.165, 1.54) is 5.56 Å². The fraction of sp³-hybridized carbons (Fsp3) is 0.364. The first-order valence-corrected chi connectivity index (χ1v) is 9.21. The molecule has 2 aromatic rings. The quantitative estimate of drug-likeness (QED) is 0.701. The monoisotopic (exact) mass is 368 g/mol. The molecular weight excluding hydrogens is 340 g/mol. The van der Waals surface area contributed by atoms with E-state index in [1.807, 2.05) is 12.1 Å². The summed E-state index contributed by atoms with van der Waals surface area (Å²) >= 11 is 0. The van der Waals surface area contributed by atoms with Crippen molar-refractivity contribution in [2.45, 2.75) is 39.5 Å². The normalized spacial score (nSPS) is 11.0. The van der Waals surface area contributed by atoms with Gasteiger partial charge in [0.2, 0.25) is 5.91 Å². The van der Waals surface area contributed by atoms with Crippen molar-refractivity contribution < 1.29 is 14.3 Å². The highest BCUT2D eigenvalue weighted by molar-refractivity contribution is 6.01. The van der Waals surface area contributed by atoms with Gasteiger partial charge < -0.3 is 15.4 Å². The first-order chi connectivity index (χ1) is 12.8. The predicted molar refractivity (Wildman–Crippen MR) is 109 cm³/mol. The number of carbonyl (C=O) groups excluding carboxylic acids is 2. The number of nitrogens with one attached hydrogen (secondary N) is 2. The standard InChI is InChI=1S/C22H28N2O3/c1-5-27-21(26)18-8-6-7-9-19(18)24-20(25)14-15-23-17-12-10-16(11-13-17)22(2,3)4/h6-13,23H,5,14-15H2,1-4H3,(H,24,25). The Morgan fingerprint density at radius 1 is 1.00 bits per heavy atom. The Labute approximate surface area is 161 Å². The molecule has 0 spiro atoms. The Morgan fingerprint density at radius 3 is 2.30 bits per heavy atom. The topological polar surface area (TPSA) is 67.4 Å². The van der Waals surface area contributed by atoms with E-state index in [0.717, 1.165) is 5.69 Å². The maximum atomic E-state index is 12.2. The van der Waals surface area contributed by atoms with Gasteiger partial charge >= 0.3 is 5.97 Å². The Balaban J connectivity index is 1.88. The molecule has 2 aromatic carbocycles. The molecule has 2 N–H and O–H groups in total. The van der Waals surface area contributed by atoms with Crippen LogP contribution in [-0.4, -0.2) is 25.0 Å². The average molecular weight is 368 g/mol. The van der Waals surface area contributed by atoms with E-state index in [1.54, 1.807) is 31.2 Å². The van der Waals surface area contributed by atoms with Crippen LogP contribution < -0.4 is 10.6 Å². The zero-order chi connectivity index (χ0) is 19.9.